The van der Waals surface area contributed by atoms with Crippen molar-refractivity contribution in [3.05, 3.63) is 66.2 Å². The summed E-state index contributed by atoms with van der Waals surface area (Å²) in [5, 5.41) is 3.54. The molecule has 212 valence electrons. The number of benzene rings is 2. The van der Waals surface area contributed by atoms with Crippen molar-refractivity contribution < 1.29 is 28.5 Å². The number of aromatic nitrogens is 3. The van der Waals surface area contributed by atoms with E-state index in [1.807, 2.05) is 32.9 Å². The lowest BCUT2D eigenvalue weighted by molar-refractivity contribution is -0.115. The third kappa shape index (κ3) is 6.29. The van der Waals surface area contributed by atoms with Crippen molar-refractivity contribution in [3.63, 3.8) is 0 Å². The molecule has 2 aromatic heterocycles. The first-order chi connectivity index (χ1) is 19.6. The fraction of sp³-hybridized carbons (Fsp3) is 0.300. The Hall–Kier alpha value is -4.93. The fourth-order valence-corrected chi connectivity index (χ4v) is 4.46. The van der Waals surface area contributed by atoms with E-state index in [2.05, 4.69) is 20.3 Å². The minimum absolute atomic E-state index is 0.0561. The van der Waals surface area contributed by atoms with E-state index in [-0.39, 0.29) is 12.3 Å². The lowest BCUT2D eigenvalue weighted by atomic mass is 10.1. The van der Waals surface area contributed by atoms with Crippen LogP contribution in [-0.2, 0) is 22.4 Å². The zero-order chi connectivity index (χ0) is 29.1. The van der Waals surface area contributed by atoms with Gasteiger partial charge in [0.25, 0.3) is 0 Å². The number of fused-ring (bicyclic) bond motifs is 2. The third-order valence-corrected chi connectivity index (χ3v) is 6.34. The van der Waals surface area contributed by atoms with Crippen LogP contribution in [0.3, 0.4) is 0 Å². The first-order valence-electron chi connectivity index (χ1n) is 13.1. The van der Waals surface area contributed by atoms with Crippen LogP contribution < -0.4 is 24.4 Å². The minimum atomic E-state index is -0.594. The van der Waals surface area contributed by atoms with E-state index in [0.29, 0.717) is 52.0 Å². The smallest absolute Gasteiger partial charge is 0.414 e. The first kappa shape index (κ1) is 27.6. The Balaban J connectivity index is 1.24. The highest BCUT2D eigenvalue weighted by Crippen LogP contribution is 2.36. The number of pyridine rings is 1. The number of amides is 2. The summed E-state index contributed by atoms with van der Waals surface area (Å²) < 4.78 is 22.2. The average Bonchev–Trinajstić information content (AvgIpc) is 3.36. The zero-order valence-electron chi connectivity index (χ0n) is 23.6. The number of rotatable bonds is 7. The minimum Gasteiger partial charge on any atom is -0.493 e. The van der Waals surface area contributed by atoms with Crippen LogP contribution in [-0.4, -0.2) is 53.3 Å². The molecule has 0 saturated carbocycles. The van der Waals surface area contributed by atoms with Gasteiger partial charge in [-0.1, -0.05) is 6.07 Å². The maximum absolute atomic E-state index is 12.8. The fourth-order valence-electron chi connectivity index (χ4n) is 4.46. The van der Waals surface area contributed by atoms with E-state index in [9.17, 15) is 9.59 Å². The van der Waals surface area contributed by atoms with Crippen molar-refractivity contribution in [1.82, 2.24) is 15.0 Å². The van der Waals surface area contributed by atoms with Crippen LogP contribution >= 0.6 is 0 Å². The molecule has 11 heteroatoms. The van der Waals surface area contributed by atoms with Gasteiger partial charge in [-0.2, -0.15) is 0 Å². The van der Waals surface area contributed by atoms with Gasteiger partial charge in [0.2, 0.25) is 11.8 Å². The van der Waals surface area contributed by atoms with Gasteiger partial charge in [-0.15, -0.1) is 0 Å². The van der Waals surface area contributed by atoms with Crippen LogP contribution in [0.4, 0.5) is 16.2 Å². The molecule has 0 unspecified atom stereocenters. The Labute approximate surface area is 237 Å². The Kier molecular flexibility index (Phi) is 7.60. The molecule has 4 aromatic rings. The van der Waals surface area contributed by atoms with Gasteiger partial charge in [-0.3, -0.25) is 14.7 Å². The van der Waals surface area contributed by atoms with Crippen molar-refractivity contribution in [3.8, 4) is 23.1 Å². The molecule has 2 amide bonds. The summed E-state index contributed by atoms with van der Waals surface area (Å²) in [6, 6.07) is 12.5. The topological polar surface area (TPSA) is 125 Å². The summed E-state index contributed by atoms with van der Waals surface area (Å²) in [5.74, 6) is 1.62. The molecule has 3 heterocycles. The van der Waals surface area contributed by atoms with Crippen molar-refractivity contribution in [2.75, 3.05) is 31.0 Å². The molecule has 2 aromatic carbocycles. The van der Waals surface area contributed by atoms with Gasteiger partial charge < -0.3 is 24.3 Å². The molecular formula is C30H31N5O6. The molecule has 11 nitrogen and oxygen atoms in total. The molecular weight excluding hydrogens is 526 g/mol. The summed E-state index contributed by atoms with van der Waals surface area (Å²) in [6.07, 6.45) is 3.32. The maximum Gasteiger partial charge on any atom is 0.414 e. The molecule has 1 aliphatic rings. The Morgan fingerprint density at radius 3 is 2.46 bits per heavy atom. The molecule has 0 spiro atoms. The summed E-state index contributed by atoms with van der Waals surface area (Å²) in [4.78, 5) is 40.0. The predicted molar refractivity (Wildman–Crippen MR) is 153 cm³/mol. The lowest BCUT2D eigenvalue weighted by Crippen LogP contribution is -2.35. The molecule has 0 radical (unpaired) electrons. The Morgan fingerprint density at radius 1 is 0.976 bits per heavy atom. The highest BCUT2D eigenvalue weighted by atomic mass is 16.6. The second-order valence-electron chi connectivity index (χ2n) is 10.4. The molecule has 5 rings (SSSR count). The Bertz CT molecular complexity index is 1600. The quantitative estimate of drug-likeness (QED) is 0.322. The van der Waals surface area contributed by atoms with Gasteiger partial charge in [0.05, 0.1) is 43.4 Å². The van der Waals surface area contributed by atoms with Crippen molar-refractivity contribution >= 4 is 34.3 Å². The summed E-state index contributed by atoms with van der Waals surface area (Å²) in [7, 11) is 3.11. The molecule has 41 heavy (non-hydrogen) atoms. The van der Waals surface area contributed by atoms with Crippen molar-refractivity contribution in [1.29, 1.82) is 0 Å². The number of nitrogens with one attached hydrogen (secondary N) is 1. The number of hydrogen-bond acceptors (Lipinski definition) is 9. The molecule has 0 saturated heterocycles. The number of ether oxygens (including phenoxy) is 4. The summed E-state index contributed by atoms with van der Waals surface area (Å²) >= 11 is 0. The highest BCUT2D eigenvalue weighted by molar-refractivity contribution is 5.95. The number of methoxy groups -OCH3 is 2. The maximum atomic E-state index is 12.8. The SMILES string of the molecule is COc1cc2ncnc(Oc3ccc(CC(=O)Nc4ccc5c(c4)N(C(=O)OC(C)(C)C)CC5)nc3)c2cc1OC. The van der Waals surface area contributed by atoms with Crippen LogP contribution in [0.5, 0.6) is 23.1 Å². The summed E-state index contributed by atoms with van der Waals surface area (Å²) in [6.45, 7) is 6.03. The predicted octanol–water partition coefficient (Wildman–Crippen LogP) is 5.31. The van der Waals surface area contributed by atoms with Crippen LogP contribution in [0, 0.1) is 0 Å². The number of hydrogen-bond donors (Lipinski definition) is 1. The number of nitrogens with zero attached hydrogens (tertiary/aromatic N) is 4. The lowest BCUT2D eigenvalue weighted by Gasteiger charge is -2.25. The molecule has 0 bridgehead atoms. The standard InChI is InChI=1S/C30H31N5O6/c1-30(2,3)41-29(37)35-11-10-18-6-7-20(12-24(18)35)34-27(36)13-19-8-9-21(16-31-19)40-28-22-14-25(38-4)26(39-5)15-23(22)32-17-33-28/h6-9,12,14-17H,10-11,13H2,1-5H3,(H,34,36). The molecule has 0 atom stereocenters. The van der Waals surface area contributed by atoms with Crippen molar-refractivity contribution in [2.24, 2.45) is 0 Å². The van der Waals surface area contributed by atoms with Gasteiger partial charge in [0.15, 0.2) is 11.5 Å². The second-order valence-corrected chi connectivity index (χ2v) is 10.4. The van der Waals surface area contributed by atoms with Crippen LogP contribution in [0.25, 0.3) is 10.9 Å². The van der Waals surface area contributed by atoms with Crippen molar-refractivity contribution in [2.45, 2.75) is 39.2 Å². The van der Waals surface area contributed by atoms with E-state index < -0.39 is 11.7 Å². The highest BCUT2D eigenvalue weighted by Gasteiger charge is 2.29. The number of carbonyl (C=O) groups is 2. The normalized spacial score (nSPS) is 12.6. The molecule has 0 aliphatic carbocycles. The summed E-state index contributed by atoms with van der Waals surface area (Å²) in [5.41, 5.74) is 2.96. The van der Waals surface area contributed by atoms with Gasteiger partial charge >= 0.3 is 6.09 Å². The van der Waals surface area contributed by atoms with Crippen LogP contribution in [0.2, 0.25) is 0 Å². The molecule has 1 aliphatic heterocycles. The van der Waals surface area contributed by atoms with Crippen LogP contribution in [0.15, 0.2) is 55.0 Å². The average molecular weight is 558 g/mol. The third-order valence-electron chi connectivity index (χ3n) is 6.34. The Morgan fingerprint density at radius 2 is 1.76 bits per heavy atom. The van der Waals surface area contributed by atoms with E-state index in [0.717, 1.165) is 17.7 Å². The number of anilines is 2. The van der Waals surface area contributed by atoms with Gasteiger partial charge in [0.1, 0.15) is 17.7 Å². The van der Waals surface area contributed by atoms with Crippen LogP contribution in [0.1, 0.15) is 32.0 Å². The van der Waals surface area contributed by atoms with Gasteiger partial charge in [-0.25, -0.2) is 14.8 Å². The van der Waals surface area contributed by atoms with E-state index in [4.69, 9.17) is 18.9 Å². The monoisotopic (exact) mass is 557 g/mol. The molecule has 1 N–H and O–H groups in total. The van der Waals surface area contributed by atoms with Gasteiger partial charge in [0, 0.05) is 24.0 Å². The number of carbonyl (C=O) groups excluding carboxylic acids is 2. The first-order valence-corrected chi connectivity index (χ1v) is 13.1. The second kappa shape index (κ2) is 11.3. The van der Waals surface area contributed by atoms with E-state index >= 15 is 0 Å². The van der Waals surface area contributed by atoms with E-state index in [1.165, 1.54) is 12.5 Å². The largest absolute Gasteiger partial charge is 0.493 e. The van der Waals surface area contributed by atoms with E-state index in [1.54, 1.807) is 49.5 Å². The molecule has 0 fully saturated rings. The zero-order valence-corrected chi connectivity index (χ0v) is 23.6. The van der Waals surface area contributed by atoms with Gasteiger partial charge in [-0.05, 0) is 63.1 Å².